The molecule has 0 saturated heterocycles. The number of carbonyl (C=O) groups is 1. The Bertz CT molecular complexity index is 787. The standard InChI is InChI=1S/C16H18N4O3/c1-11-13(16(22)20-18-11)10-15(21)19-17-9-5-7-12-6-3-4-8-14(12)23-2/h3-9H,10H2,1-2H3,(H,19,21)(H2,18,20,22). The molecule has 0 radical (unpaired) electrons. The molecule has 1 heterocycles. The van der Waals surface area contributed by atoms with E-state index in [1.165, 1.54) is 6.21 Å². The van der Waals surface area contributed by atoms with Gasteiger partial charge in [0, 0.05) is 23.0 Å². The van der Waals surface area contributed by atoms with Gasteiger partial charge in [-0.2, -0.15) is 5.10 Å². The van der Waals surface area contributed by atoms with Crippen molar-refractivity contribution in [1.29, 1.82) is 0 Å². The predicted molar refractivity (Wildman–Crippen MR) is 88.5 cm³/mol. The first kappa shape index (κ1) is 16.3. The Morgan fingerprint density at radius 2 is 2.13 bits per heavy atom. The van der Waals surface area contributed by atoms with Gasteiger partial charge >= 0.3 is 0 Å². The molecule has 120 valence electrons. The Morgan fingerprint density at radius 3 is 2.83 bits per heavy atom. The van der Waals surface area contributed by atoms with E-state index in [1.807, 2.05) is 30.3 Å². The number of benzene rings is 1. The second-order valence-electron chi connectivity index (χ2n) is 4.77. The minimum absolute atomic E-state index is 0.0295. The van der Waals surface area contributed by atoms with Gasteiger partial charge in [0.15, 0.2) is 0 Å². The van der Waals surface area contributed by atoms with Crippen molar-refractivity contribution in [2.75, 3.05) is 7.11 Å². The number of aromatic nitrogens is 2. The minimum atomic E-state index is -0.361. The number of H-pyrrole nitrogens is 2. The van der Waals surface area contributed by atoms with Crippen molar-refractivity contribution in [2.45, 2.75) is 13.3 Å². The van der Waals surface area contributed by atoms with E-state index >= 15 is 0 Å². The van der Waals surface area contributed by atoms with Crippen LogP contribution in [0.15, 0.2) is 40.2 Å². The maximum absolute atomic E-state index is 11.7. The number of aromatic amines is 2. The van der Waals surface area contributed by atoms with E-state index in [1.54, 1.807) is 20.1 Å². The zero-order valence-corrected chi connectivity index (χ0v) is 12.9. The Labute approximate surface area is 133 Å². The molecule has 1 aromatic heterocycles. The third-order valence-electron chi connectivity index (χ3n) is 3.19. The van der Waals surface area contributed by atoms with Gasteiger partial charge in [0.1, 0.15) is 5.75 Å². The van der Waals surface area contributed by atoms with E-state index in [4.69, 9.17) is 4.74 Å². The molecule has 0 fully saturated rings. The minimum Gasteiger partial charge on any atom is -0.496 e. The van der Waals surface area contributed by atoms with Gasteiger partial charge in [-0.15, -0.1) is 0 Å². The van der Waals surface area contributed by atoms with Crippen LogP contribution in [0.4, 0.5) is 0 Å². The van der Waals surface area contributed by atoms with Crippen molar-refractivity contribution in [2.24, 2.45) is 5.10 Å². The van der Waals surface area contributed by atoms with Crippen LogP contribution in [0.1, 0.15) is 16.8 Å². The highest BCUT2D eigenvalue weighted by Gasteiger charge is 2.10. The molecule has 3 N–H and O–H groups in total. The number of carbonyl (C=O) groups excluding carboxylic acids is 1. The van der Waals surface area contributed by atoms with Gasteiger partial charge in [-0.3, -0.25) is 14.7 Å². The van der Waals surface area contributed by atoms with E-state index in [0.717, 1.165) is 11.3 Å². The summed E-state index contributed by atoms with van der Waals surface area (Å²) in [5.41, 5.74) is 4.03. The molecule has 1 aromatic carbocycles. The number of rotatable bonds is 6. The van der Waals surface area contributed by atoms with Crippen molar-refractivity contribution >= 4 is 18.2 Å². The smallest absolute Gasteiger partial charge is 0.267 e. The first-order chi connectivity index (χ1) is 11.1. The number of hydrogen-bond acceptors (Lipinski definition) is 4. The topological polar surface area (TPSA) is 99.3 Å². The molecule has 0 spiro atoms. The number of hydrogen-bond donors (Lipinski definition) is 3. The SMILES string of the molecule is COc1ccccc1C=CC=NNC(=O)Cc1c(C)[nH][nH]c1=O. The van der Waals surface area contributed by atoms with E-state index in [2.05, 4.69) is 20.7 Å². The average Bonchev–Trinajstić information content (AvgIpc) is 2.87. The number of methoxy groups -OCH3 is 1. The zero-order valence-electron chi connectivity index (χ0n) is 12.9. The Balaban J connectivity index is 1.88. The van der Waals surface area contributed by atoms with Gasteiger partial charge in [-0.25, -0.2) is 5.43 Å². The molecule has 2 rings (SSSR count). The second-order valence-corrected chi connectivity index (χ2v) is 4.77. The lowest BCUT2D eigenvalue weighted by molar-refractivity contribution is -0.120. The van der Waals surface area contributed by atoms with Gasteiger partial charge in [0.05, 0.1) is 13.5 Å². The molecule has 0 aliphatic carbocycles. The molecular weight excluding hydrogens is 296 g/mol. The van der Waals surface area contributed by atoms with Crippen LogP contribution in [-0.2, 0) is 11.2 Å². The summed E-state index contributed by atoms with van der Waals surface area (Å²) in [7, 11) is 1.60. The molecule has 1 amide bonds. The maximum Gasteiger partial charge on any atom is 0.267 e. The van der Waals surface area contributed by atoms with Crippen LogP contribution < -0.4 is 15.7 Å². The number of hydrazone groups is 1. The number of ether oxygens (including phenoxy) is 1. The van der Waals surface area contributed by atoms with E-state index in [0.29, 0.717) is 11.3 Å². The van der Waals surface area contributed by atoms with Crippen LogP contribution in [0.5, 0.6) is 5.75 Å². The van der Waals surface area contributed by atoms with Gasteiger partial charge < -0.3 is 9.84 Å². The van der Waals surface area contributed by atoms with Crippen molar-refractivity contribution in [3.8, 4) is 5.75 Å². The lowest BCUT2D eigenvalue weighted by Gasteiger charge is -2.02. The number of aryl methyl sites for hydroxylation is 1. The highest BCUT2D eigenvalue weighted by molar-refractivity contribution is 5.82. The third kappa shape index (κ3) is 4.44. The summed E-state index contributed by atoms with van der Waals surface area (Å²) in [6.45, 7) is 1.72. The zero-order chi connectivity index (χ0) is 16.7. The Hall–Kier alpha value is -3.09. The summed E-state index contributed by atoms with van der Waals surface area (Å²) in [5.74, 6) is 0.392. The second kappa shape index (κ2) is 7.79. The molecule has 7 heteroatoms. The Kier molecular flexibility index (Phi) is 5.51. The largest absolute Gasteiger partial charge is 0.496 e. The van der Waals surface area contributed by atoms with Gasteiger partial charge in [0.25, 0.3) is 5.56 Å². The summed E-state index contributed by atoms with van der Waals surface area (Å²) in [4.78, 5) is 23.2. The van der Waals surface area contributed by atoms with Crippen LogP contribution in [0.3, 0.4) is 0 Å². The average molecular weight is 314 g/mol. The fourth-order valence-corrected chi connectivity index (χ4v) is 1.99. The molecule has 0 atom stereocenters. The van der Waals surface area contributed by atoms with Crippen LogP contribution in [0.25, 0.3) is 6.08 Å². The quantitative estimate of drug-likeness (QED) is 0.555. The van der Waals surface area contributed by atoms with Gasteiger partial charge in [-0.05, 0) is 25.1 Å². The molecule has 0 aliphatic rings. The molecule has 23 heavy (non-hydrogen) atoms. The molecule has 0 saturated carbocycles. The van der Waals surface area contributed by atoms with Crippen LogP contribution in [0.2, 0.25) is 0 Å². The van der Waals surface area contributed by atoms with Crippen molar-refractivity contribution in [3.05, 3.63) is 57.5 Å². The van der Waals surface area contributed by atoms with Crippen molar-refractivity contribution in [1.82, 2.24) is 15.6 Å². The Morgan fingerprint density at radius 1 is 1.35 bits per heavy atom. The maximum atomic E-state index is 11.7. The molecular formula is C16H18N4O3. The number of nitrogens with one attached hydrogen (secondary N) is 3. The first-order valence-electron chi connectivity index (χ1n) is 6.99. The lowest BCUT2D eigenvalue weighted by atomic mass is 10.2. The monoisotopic (exact) mass is 314 g/mol. The van der Waals surface area contributed by atoms with Gasteiger partial charge in [-0.1, -0.05) is 18.2 Å². The van der Waals surface area contributed by atoms with Crippen LogP contribution >= 0.6 is 0 Å². The molecule has 7 nitrogen and oxygen atoms in total. The summed E-state index contributed by atoms with van der Waals surface area (Å²) in [6, 6.07) is 7.55. The van der Waals surface area contributed by atoms with Crippen molar-refractivity contribution < 1.29 is 9.53 Å². The summed E-state index contributed by atoms with van der Waals surface area (Å²) in [6.07, 6.45) is 4.93. The van der Waals surface area contributed by atoms with Crippen LogP contribution in [0, 0.1) is 6.92 Å². The molecule has 2 aromatic rings. The van der Waals surface area contributed by atoms with Crippen LogP contribution in [-0.4, -0.2) is 29.4 Å². The van der Waals surface area contributed by atoms with Gasteiger partial charge in [0.2, 0.25) is 5.91 Å². The summed E-state index contributed by atoms with van der Waals surface area (Å²) < 4.78 is 5.22. The molecule has 0 bridgehead atoms. The van der Waals surface area contributed by atoms with E-state index < -0.39 is 0 Å². The van der Waals surface area contributed by atoms with E-state index in [-0.39, 0.29) is 17.9 Å². The summed E-state index contributed by atoms with van der Waals surface area (Å²) >= 11 is 0. The number of allylic oxidation sites excluding steroid dienone is 1. The molecule has 0 aliphatic heterocycles. The molecule has 0 unspecified atom stereocenters. The highest BCUT2D eigenvalue weighted by atomic mass is 16.5. The fraction of sp³-hybridized carbons (Fsp3) is 0.188. The number of amides is 1. The van der Waals surface area contributed by atoms with Crippen molar-refractivity contribution in [3.63, 3.8) is 0 Å². The normalized spacial score (nSPS) is 11.2. The lowest BCUT2D eigenvalue weighted by Crippen LogP contribution is -2.22. The predicted octanol–water partition coefficient (Wildman–Crippen LogP) is 1.38. The summed E-state index contributed by atoms with van der Waals surface area (Å²) in [5, 5.41) is 8.90. The highest BCUT2D eigenvalue weighted by Crippen LogP contribution is 2.18. The number of para-hydroxylation sites is 1. The number of nitrogens with zero attached hydrogens (tertiary/aromatic N) is 1. The third-order valence-corrected chi connectivity index (χ3v) is 3.19. The first-order valence-corrected chi connectivity index (χ1v) is 6.99. The fourth-order valence-electron chi connectivity index (χ4n) is 1.99. The van der Waals surface area contributed by atoms with E-state index in [9.17, 15) is 9.59 Å².